The van der Waals surface area contributed by atoms with Crippen molar-refractivity contribution in [3.63, 3.8) is 0 Å². The molecule has 0 aliphatic heterocycles. The van der Waals surface area contributed by atoms with Crippen molar-refractivity contribution in [2.24, 2.45) is 0 Å². The summed E-state index contributed by atoms with van der Waals surface area (Å²) in [5.41, 5.74) is 3.55. The molecule has 0 saturated carbocycles. The summed E-state index contributed by atoms with van der Waals surface area (Å²) < 4.78 is 4.67. The van der Waals surface area contributed by atoms with Crippen LogP contribution in [0.4, 0.5) is 5.69 Å². The Morgan fingerprint density at radius 2 is 2.00 bits per heavy atom. The van der Waals surface area contributed by atoms with Crippen LogP contribution in [0.25, 0.3) is 0 Å². The number of nitrogens with one attached hydrogen (secondary N) is 1. The third kappa shape index (κ3) is 6.04. The Bertz CT molecular complexity index is 570. The molecule has 120 valence electrons. The smallest absolute Gasteiger partial charge is 0.337 e. The number of allylic oxidation sites excluding steroid dienone is 3. The van der Waals surface area contributed by atoms with Gasteiger partial charge in [-0.25, -0.2) is 4.79 Å². The highest BCUT2D eigenvalue weighted by Gasteiger charge is 2.08. The van der Waals surface area contributed by atoms with Crippen LogP contribution in [0.1, 0.15) is 44.0 Å². The van der Waals surface area contributed by atoms with Gasteiger partial charge in [-0.3, -0.25) is 0 Å². The minimum Gasteiger partial charge on any atom is -0.506 e. The maximum absolute atomic E-state index is 11.5. The fourth-order valence-corrected chi connectivity index (χ4v) is 1.95. The summed E-state index contributed by atoms with van der Waals surface area (Å²) in [4.78, 5) is 11.5. The first-order valence-electron chi connectivity index (χ1n) is 7.38. The van der Waals surface area contributed by atoms with Crippen molar-refractivity contribution in [1.82, 2.24) is 0 Å². The minimum absolute atomic E-state index is 0.114. The number of hydrogen-bond donors (Lipinski definition) is 2. The maximum atomic E-state index is 11.5. The number of phenols is 1. The van der Waals surface area contributed by atoms with E-state index in [9.17, 15) is 9.90 Å². The van der Waals surface area contributed by atoms with Crippen LogP contribution in [-0.2, 0) is 4.74 Å². The highest BCUT2D eigenvalue weighted by atomic mass is 16.5. The molecule has 0 radical (unpaired) electrons. The monoisotopic (exact) mass is 303 g/mol. The molecule has 2 N–H and O–H groups in total. The van der Waals surface area contributed by atoms with E-state index in [1.165, 1.54) is 30.4 Å². The van der Waals surface area contributed by atoms with Crippen molar-refractivity contribution in [1.29, 1.82) is 0 Å². The molecule has 0 bridgehead atoms. The summed E-state index contributed by atoms with van der Waals surface area (Å²) >= 11 is 0. The third-order valence-electron chi connectivity index (χ3n) is 3.25. The zero-order valence-electron chi connectivity index (χ0n) is 13.8. The number of esters is 1. The molecule has 1 rings (SSSR count). The molecule has 22 heavy (non-hydrogen) atoms. The molecule has 4 nitrogen and oxygen atoms in total. The van der Waals surface area contributed by atoms with Crippen LogP contribution in [0.15, 0.2) is 41.5 Å². The standard InChI is InChI=1S/C18H25NO3/c1-13(2)6-5-7-14(3)10-11-19-16-12-15(18(21)22-4)8-9-17(16)20/h6,8-10,12,19-20H,5,7,11H2,1-4H3/b14-10+. The van der Waals surface area contributed by atoms with Crippen molar-refractivity contribution in [2.75, 3.05) is 19.0 Å². The number of phenolic OH excluding ortho intramolecular Hbond substituents is 1. The lowest BCUT2D eigenvalue weighted by molar-refractivity contribution is 0.0601. The number of benzene rings is 1. The Labute approximate surface area is 132 Å². The highest BCUT2D eigenvalue weighted by Crippen LogP contribution is 2.24. The maximum Gasteiger partial charge on any atom is 0.337 e. The molecule has 0 aliphatic rings. The summed E-state index contributed by atoms with van der Waals surface area (Å²) in [6.45, 7) is 6.87. The van der Waals surface area contributed by atoms with Gasteiger partial charge in [-0.1, -0.05) is 23.3 Å². The lowest BCUT2D eigenvalue weighted by atomic mass is 10.1. The summed E-state index contributed by atoms with van der Waals surface area (Å²) in [6, 6.07) is 4.61. The number of carbonyl (C=O) groups excluding carboxylic acids is 1. The molecular weight excluding hydrogens is 278 g/mol. The molecule has 0 atom stereocenters. The van der Waals surface area contributed by atoms with Gasteiger partial charge >= 0.3 is 5.97 Å². The Balaban J connectivity index is 2.60. The first-order valence-corrected chi connectivity index (χ1v) is 7.38. The summed E-state index contributed by atoms with van der Waals surface area (Å²) in [6.07, 6.45) is 6.36. The quantitative estimate of drug-likeness (QED) is 0.448. The average Bonchev–Trinajstić information content (AvgIpc) is 2.48. The largest absolute Gasteiger partial charge is 0.506 e. The van der Waals surface area contributed by atoms with Gasteiger partial charge in [-0.15, -0.1) is 0 Å². The molecule has 0 spiro atoms. The molecule has 0 heterocycles. The van der Waals surface area contributed by atoms with E-state index in [0.29, 0.717) is 17.8 Å². The van der Waals surface area contributed by atoms with E-state index >= 15 is 0 Å². The van der Waals surface area contributed by atoms with E-state index in [1.54, 1.807) is 6.07 Å². The van der Waals surface area contributed by atoms with Gasteiger partial charge in [0.25, 0.3) is 0 Å². The zero-order chi connectivity index (χ0) is 16.5. The minimum atomic E-state index is -0.420. The molecule has 0 saturated heterocycles. The Kier molecular flexibility index (Phi) is 7.23. The number of ether oxygens (including phenoxy) is 1. The Morgan fingerprint density at radius 1 is 1.27 bits per heavy atom. The van der Waals surface area contributed by atoms with Crippen LogP contribution in [0, 0.1) is 0 Å². The van der Waals surface area contributed by atoms with Gasteiger partial charge in [-0.05, 0) is 51.8 Å². The second kappa shape index (κ2) is 8.93. The molecule has 0 amide bonds. The predicted molar refractivity (Wildman–Crippen MR) is 90.4 cm³/mol. The van der Waals surface area contributed by atoms with Crippen LogP contribution in [0.2, 0.25) is 0 Å². The van der Waals surface area contributed by atoms with Crippen LogP contribution in [-0.4, -0.2) is 24.7 Å². The molecule has 0 unspecified atom stereocenters. The van der Waals surface area contributed by atoms with Gasteiger partial charge < -0.3 is 15.2 Å². The number of anilines is 1. The average molecular weight is 303 g/mol. The lowest BCUT2D eigenvalue weighted by Crippen LogP contribution is -2.04. The lowest BCUT2D eigenvalue weighted by Gasteiger charge is -2.09. The van der Waals surface area contributed by atoms with Gasteiger partial charge in [0.05, 0.1) is 18.4 Å². The summed E-state index contributed by atoms with van der Waals surface area (Å²) in [5, 5.41) is 12.9. The van der Waals surface area contributed by atoms with E-state index in [-0.39, 0.29) is 5.75 Å². The molecule has 1 aromatic rings. The zero-order valence-corrected chi connectivity index (χ0v) is 13.8. The second-order valence-corrected chi connectivity index (χ2v) is 5.48. The highest BCUT2D eigenvalue weighted by molar-refractivity contribution is 5.91. The van der Waals surface area contributed by atoms with Gasteiger partial charge in [0, 0.05) is 6.54 Å². The van der Waals surface area contributed by atoms with E-state index in [0.717, 1.165) is 12.8 Å². The van der Waals surface area contributed by atoms with Crippen LogP contribution in [0.5, 0.6) is 5.75 Å². The van der Waals surface area contributed by atoms with E-state index in [1.807, 2.05) is 0 Å². The van der Waals surface area contributed by atoms with Crippen LogP contribution >= 0.6 is 0 Å². The van der Waals surface area contributed by atoms with E-state index in [2.05, 4.69) is 43.0 Å². The van der Waals surface area contributed by atoms with Crippen LogP contribution < -0.4 is 5.32 Å². The van der Waals surface area contributed by atoms with Crippen LogP contribution in [0.3, 0.4) is 0 Å². The Morgan fingerprint density at radius 3 is 2.64 bits per heavy atom. The predicted octanol–water partition coefficient (Wildman–Crippen LogP) is 4.28. The van der Waals surface area contributed by atoms with Crippen molar-refractivity contribution in [2.45, 2.75) is 33.6 Å². The number of hydrogen-bond acceptors (Lipinski definition) is 4. The normalized spacial score (nSPS) is 11.0. The van der Waals surface area contributed by atoms with E-state index < -0.39 is 5.97 Å². The molecule has 0 fully saturated rings. The van der Waals surface area contributed by atoms with Crippen molar-refractivity contribution in [3.05, 3.63) is 47.1 Å². The third-order valence-corrected chi connectivity index (χ3v) is 3.25. The van der Waals surface area contributed by atoms with Gasteiger partial charge in [-0.2, -0.15) is 0 Å². The SMILES string of the molecule is COC(=O)c1ccc(O)c(NC/C=C(\C)CCC=C(C)C)c1. The Hall–Kier alpha value is -2.23. The van der Waals surface area contributed by atoms with Gasteiger partial charge in [0.2, 0.25) is 0 Å². The van der Waals surface area contributed by atoms with Gasteiger partial charge in [0.1, 0.15) is 5.75 Å². The van der Waals surface area contributed by atoms with Crippen molar-refractivity contribution < 1.29 is 14.6 Å². The molecular formula is C18H25NO3. The second-order valence-electron chi connectivity index (χ2n) is 5.48. The van der Waals surface area contributed by atoms with Crippen molar-refractivity contribution >= 4 is 11.7 Å². The molecule has 0 aromatic heterocycles. The molecule has 1 aromatic carbocycles. The molecule has 4 heteroatoms. The van der Waals surface area contributed by atoms with Gasteiger partial charge in [0.15, 0.2) is 0 Å². The van der Waals surface area contributed by atoms with Crippen molar-refractivity contribution in [3.8, 4) is 5.75 Å². The fourth-order valence-electron chi connectivity index (χ4n) is 1.95. The van der Waals surface area contributed by atoms with E-state index in [4.69, 9.17) is 0 Å². The summed E-state index contributed by atoms with van der Waals surface area (Å²) in [5.74, 6) is -0.306. The topological polar surface area (TPSA) is 58.6 Å². The first kappa shape index (κ1) is 17.8. The number of carbonyl (C=O) groups is 1. The first-order chi connectivity index (χ1) is 10.4. The fraction of sp³-hybridized carbons (Fsp3) is 0.389. The molecule has 0 aliphatic carbocycles. The summed E-state index contributed by atoms with van der Waals surface area (Å²) in [7, 11) is 1.33. The number of aromatic hydroxyl groups is 1. The number of methoxy groups -OCH3 is 1. The number of rotatable bonds is 7.